The first-order valence-electron chi connectivity index (χ1n) is 2.61. The van der Waals surface area contributed by atoms with Crippen LogP contribution in [0.4, 0.5) is 0 Å². The second kappa shape index (κ2) is 3.30. The summed E-state index contributed by atoms with van der Waals surface area (Å²) in [4.78, 5) is 0. The van der Waals surface area contributed by atoms with Gasteiger partial charge in [-0.2, -0.15) is 0 Å². The molecular weight excluding hydrogens is 287 g/mol. The molecule has 0 atom stereocenters. The van der Waals surface area contributed by atoms with E-state index in [1.807, 2.05) is 6.07 Å². The minimum absolute atomic E-state index is 0.675. The monoisotopic (exact) mass is 294 g/mol. The third-order valence-corrected chi connectivity index (χ3v) is 5.81. The van der Waals surface area contributed by atoms with Crippen LogP contribution < -0.4 is 3.61 Å². The van der Waals surface area contributed by atoms with Crippen LogP contribution in [0.3, 0.4) is 0 Å². The Hall–Kier alpha value is 0.550. The van der Waals surface area contributed by atoms with Crippen molar-refractivity contribution in [3.63, 3.8) is 0 Å². The summed E-state index contributed by atoms with van der Waals surface area (Å²) in [7, 11) is 11.1. The van der Waals surface area contributed by atoms with E-state index < -0.39 is 16.4 Å². The second-order valence-corrected chi connectivity index (χ2v) is 12.7. The Morgan fingerprint density at radius 3 is 1.90 bits per heavy atom. The van der Waals surface area contributed by atoms with Crippen molar-refractivity contribution in [2.45, 2.75) is 0 Å². The van der Waals surface area contributed by atoms with Crippen LogP contribution in [-0.4, -0.2) is 19.8 Å². The van der Waals surface area contributed by atoms with Gasteiger partial charge in [-0.25, -0.2) is 0 Å². The van der Waals surface area contributed by atoms with Crippen molar-refractivity contribution in [1.29, 1.82) is 0 Å². The SMILES string of the molecule is O[Te](Cl)(Cl)c1ccccc1. The summed E-state index contributed by atoms with van der Waals surface area (Å²) in [6, 6.07) is 8.93. The van der Waals surface area contributed by atoms with Gasteiger partial charge in [-0.15, -0.1) is 0 Å². The fraction of sp³-hybridized carbons (Fsp3) is 0. The molecule has 1 nitrogen and oxygen atoms in total. The molecule has 1 aromatic rings. The van der Waals surface area contributed by atoms with Crippen LogP contribution in [0.1, 0.15) is 0 Å². The third-order valence-electron chi connectivity index (χ3n) is 1.03. The van der Waals surface area contributed by atoms with Crippen LogP contribution in [-0.2, 0) is 0 Å². The van der Waals surface area contributed by atoms with Crippen molar-refractivity contribution in [2.75, 3.05) is 0 Å². The molecule has 10 heavy (non-hydrogen) atoms. The fourth-order valence-corrected chi connectivity index (χ4v) is 3.35. The zero-order valence-electron chi connectivity index (χ0n) is 5.00. The first-order chi connectivity index (χ1) is 4.61. The van der Waals surface area contributed by atoms with Gasteiger partial charge in [0, 0.05) is 0 Å². The zero-order valence-corrected chi connectivity index (χ0v) is 8.84. The Morgan fingerprint density at radius 1 is 1.10 bits per heavy atom. The van der Waals surface area contributed by atoms with E-state index in [0.29, 0.717) is 3.61 Å². The minimum atomic E-state index is -3.58. The Balaban J connectivity index is 2.97. The van der Waals surface area contributed by atoms with Gasteiger partial charge in [0.15, 0.2) is 0 Å². The molecule has 0 saturated carbocycles. The summed E-state index contributed by atoms with van der Waals surface area (Å²) < 4.78 is 9.88. The van der Waals surface area contributed by atoms with E-state index in [9.17, 15) is 3.47 Å². The van der Waals surface area contributed by atoms with Crippen molar-refractivity contribution < 1.29 is 3.47 Å². The van der Waals surface area contributed by atoms with E-state index in [1.165, 1.54) is 0 Å². The van der Waals surface area contributed by atoms with Crippen LogP contribution in [0.2, 0.25) is 0 Å². The molecule has 4 heteroatoms. The fourth-order valence-electron chi connectivity index (χ4n) is 0.584. The van der Waals surface area contributed by atoms with Crippen molar-refractivity contribution in [1.82, 2.24) is 0 Å². The standard InChI is InChI=1S/C6H6Cl2OTe/c7-10(8,9)6-4-2-1-3-5-6/h1-5,9H. The molecule has 0 bridgehead atoms. The molecule has 0 unspecified atom stereocenters. The van der Waals surface area contributed by atoms with Gasteiger partial charge < -0.3 is 0 Å². The van der Waals surface area contributed by atoms with E-state index >= 15 is 0 Å². The number of hydrogen-bond donors (Lipinski definition) is 1. The van der Waals surface area contributed by atoms with Gasteiger partial charge in [-0.3, -0.25) is 0 Å². The van der Waals surface area contributed by atoms with Crippen molar-refractivity contribution in [2.24, 2.45) is 0 Å². The number of halogens is 2. The summed E-state index contributed by atoms with van der Waals surface area (Å²) >= 11 is -3.58. The molecule has 0 radical (unpaired) electrons. The molecule has 0 aliphatic heterocycles. The average molecular weight is 293 g/mol. The van der Waals surface area contributed by atoms with Crippen molar-refractivity contribution in [3.8, 4) is 0 Å². The molecule has 0 saturated heterocycles. The van der Waals surface area contributed by atoms with Gasteiger partial charge in [0.25, 0.3) is 0 Å². The van der Waals surface area contributed by atoms with Gasteiger partial charge in [0.05, 0.1) is 0 Å². The van der Waals surface area contributed by atoms with E-state index in [0.717, 1.165) is 0 Å². The van der Waals surface area contributed by atoms with Gasteiger partial charge in [0.2, 0.25) is 0 Å². The Morgan fingerprint density at radius 2 is 1.60 bits per heavy atom. The molecule has 0 spiro atoms. The van der Waals surface area contributed by atoms with Crippen LogP contribution in [0.25, 0.3) is 0 Å². The summed E-state index contributed by atoms with van der Waals surface area (Å²) in [6.45, 7) is 0. The number of benzene rings is 1. The summed E-state index contributed by atoms with van der Waals surface area (Å²) in [5.41, 5.74) is 0. The second-order valence-electron chi connectivity index (χ2n) is 1.75. The predicted molar refractivity (Wildman–Crippen MR) is 45.8 cm³/mol. The van der Waals surface area contributed by atoms with Gasteiger partial charge in [-0.05, 0) is 0 Å². The normalized spacial score (nSPS) is 13.1. The molecule has 0 amide bonds. The topological polar surface area (TPSA) is 20.2 Å². The summed E-state index contributed by atoms with van der Waals surface area (Å²) in [6.07, 6.45) is 0. The van der Waals surface area contributed by atoms with Gasteiger partial charge >= 0.3 is 71.7 Å². The van der Waals surface area contributed by atoms with Crippen molar-refractivity contribution in [3.05, 3.63) is 30.3 Å². The number of rotatable bonds is 1. The molecule has 0 aliphatic rings. The average Bonchev–Trinajstić information content (AvgIpc) is 1.88. The molecule has 0 fully saturated rings. The predicted octanol–water partition coefficient (Wildman–Crippen LogP) is 1.30. The Bertz CT molecular complexity index is 207. The summed E-state index contributed by atoms with van der Waals surface area (Å²) in [5.74, 6) is 0. The molecule has 0 heterocycles. The Kier molecular flexibility index (Phi) is 2.85. The van der Waals surface area contributed by atoms with Crippen LogP contribution in [0, 0.1) is 0 Å². The maximum absolute atomic E-state index is 9.21. The molecule has 1 rings (SSSR count). The molecular formula is C6H6Cl2OTe. The first-order valence-corrected chi connectivity index (χ1v) is 10.7. The first kappa shape index (κ1) is 8.64. The third kappa shape index (κ3) is 2.30. The van der Waals surface area contributed by atoms with Gasteiger partial charge in [0.1, 0.15) is 0 Å². The van der Waals surface area contributed by atoms with Crippen LogP contribution >= 0.6 is 17.9 Å². The molecule has 1 N–H and O–H groups in total. The zero-order chi connectivity index (χ0) is 7.61. The quantitative estimate of drug-likeness (QED) is 0.774. The molecule has 1 aromatic carbocycles. The van der Waals surface area contributed by atoms with E-state index in [-0.39, 0.29) is 0 Å². The molecule has 0 aromatic heterocycles. The van der Waals surface area contributed by atoms with Crippen molar-refractivity contribution >= 4 is 37.9 Å². The van der Waals surface area contributed by atoms with E-state index in [1.54, 1.807) is 24.3 Å². The Labute approximate surface area is 71.4 Å². The molecule has 56 valence electrons. The maximum atomic E-state index is 9.21. The van der Waals surface area contributed by atoms with Gasteiger partial charge in [-0.1, -0.05) is 0 Å². The summed E-state index contributed by atoms with van der Waals surface area (Å²) in [5, 5.41) is 0. The van der Waals surface area contributed by atoms with Crippen LogP contribution in [0.15, 0.2) is 30.3 Å². The van der Waals surface area contributed by atoms with E-state index in [2.05, 4.69) is 0 Å². The number of hydrogen-bond acceptors (Lipinski definition) is 1. The van der Waals surface area contributed by atoms with E-state index in [4.69, 9.17) is 17.9 Å². The van der Waals surface area contributed by atoms with Crippen LogP contribution in [0.5, 0.6) is 0 Å². The molecule has 0 aliphatic carbocycles.